The molecule has 0 saturated heterocycles. The van der Waals surface area contributed by atoms with Crippen molar-refractivity contribution in [3.63, 3.8) is 0 Å². The van der Waals surface area contributed by atoms with Crippen LogP contribution in [0.15, 0.2) is 106 Å². The van der Waals surface area contributed by atoms with Gasteiger partial charge in [0.15, 0.2) is 4.80 Å². The van der Waals surface area contributed by atoms with Gasteiger partial charge in [0.25, 0.3) is 5.56 Å². The average Bonchev–Trinajstić information content (AvgIpc) is 3.31. The topological polar surface area (TPSA) is 69.9 Å². The van der Waals surface area contributed by atoms with Crippen molar-refractivity contribution in [3.05, 3.63) is 143 Å². The van der Waals surface area contributed by atoms with Gasteiger partial charge in [-0.2, -0.15) is 0 Å². The van der Waals surface area contributed by atoms with Crippen LogP contribution in [0.4, 0.5) is 0 Å². The van der Waals surface area contributed by atoms with Gasteiger partial charge in [-0.1, -0.05) is 95.2 Å². The number of ether oxygens (including phenoxy) is 2. The Balaban J connectivity index is 1.52. The van der Waals surface area contributed by atoms with Crippen LogP contribution in [0.5, 0.6) is 5.75 Å². The number of hydrogen-bond donors (Lipinski definition) is 0. The number of fused-ring (bicyclic) bond motifs is 2. The number of allylic oxidation sites excluding steroid dienone is 1. The maximum absolute atomic E-state index is 14.2. The highest BCUT2D eigenvalue weighted by atomic mass is 35.5. The van der Waals surface area contributed by atoms with Crippen molar-refractivity contribution in [1.29, 1.82) is 0 Å². The number of aromatic nitrogens is 1. The van der Waals surface area contributed by atoms with Gasteiger partial charge in [-0.3, -0.25) is 9.36 Å². The fourth-order valence-electron chi connectivity index (χ4n) is 5.28. The average molecular weight is 609 g/mol. The summed E-state index contributed by atoms with van der Waals surface area (Å²) < 4.78 is 13.8. The molecule has 0 saturated carbocycles. The van der Waals surface area contributed by atoms with Gasteiger partial charge in [0, 0.05) is 10.6 Å². The van der Waals surface area contributed by atoms with Gasteiger partial charge in [0.1, 0.15) is 12.4 Å². The molecule has 4 aromatic carbocycles. The summed E-state index contributed by atoms with van der Waals surface area (Å²) >= 11 is 7.36. The molecule has 6 nitrogen and oxygen atoms in total. The van der Waals surface area contributed by atoms with Gasteiger partial charge < -0.3 is 9.47 Å². The van der Waals surface area contributed by atoms with Crippen molar-refractivity contribution >= 4 is 45.8 Å². The SMILES string of the molecule is CCOC(=O)C1=C(C)N=c2s/c(=C\c3c(OCc4ccc(Cl)cc4)ccc4ccccc34)c(=O)n2[C@H]1c1ccc(C)cc1. The number of esters is 1. The normalized spacial score (nSPS) is 14.9. The summed E-state index contributed by atoms with van der Waals surface area (Å²) in [6.45, 7) is 6.12. The molecule has 1 atom stereocenters. The summed E-state index contributed by atoms with van der Waals surface area (Å²) in [5.74, 6) is 0.175. The molecular weight excluding hydrogens is 580 g/mol. The summed E-state index contributed by atoms with van der Waals surface area (Å²) in [5, 5.41) is 2.65. The van der Waals surface area contributed by atoms with E-state index in [0.29, 0.717) is 38.0 Å². The highest BCUT2D eigenvalue weighted by Crippen LogP contribution is 2.32. The van der Waals surface area contributed by atoms with Gasteiger partial charge in [0.2, 0.25) is 0 Å². The van der Waals surface area contributed by atoms with E-state index >= 15 is 0 Å². The van der Waals surface area contributed by atoms with Crippen LogP contribution in [0.25, 0.3) is 16.8 Å². The molecular formula is C35H29ClN2O4S. The van der Waals surface area contributed by atoms with Gasteiger partial charge in [-0.25, -0.2) is 9.79 Å². The Morgan fingerprint density at radius 3 is 2.49 bits per heavy atom. The van der Waals surface area contributed by atoms with Crippen LogP contribution < -0.4 is 19.6 Å². The summed E-state index contributed by atoms with van der Waals surface area (Å²) in [7, 11) is 0. The van der Waals surface area contributed by atoms with Crippen LogP contribution in [-0.4, -0.2) is 17.1 Å². The quantitative estimate of drug-likeness (QED) is 0.198. The Morgan fingerprint density at radius 2 is 1.74 bits per heavy atom. The van der Waals surface area contributed by atoms with Gasteiger partial charge >= 0.3 is 5.97 Å². The number of carbonyl (C=O) groups is 1. The van der Waals surface area contributed by atoms with E-state index in [1.165, 1.54) is 11.3 Å². The molecule has 2 heterocycles. The van der Waals surface area contributed by atoms with Gasteiger partial charge in [0.05, 0.1) is 28.5 Å². The second-order valence-corrected chi connectivity index (χ2v) is 11.8. The molecule has 0 amide bonds. The number of thiazole rings is 1. The van der Waals surface area contributed by atoms with E-state index in [4.69, 9.17) is 26.1 Å². The lowest BCUT2D eigenvalue weighted by atomic mass is 9.95. The molecule has 8 heteroatoms. The molecule has 0 radical (unpaired) electrons. The monoisotopic (exact) mass is 608 g/mol. The summed E-state index contributed by atoms with van der Waals surface area (Å²) in [6, 6.07) is 26.6. The minimum atomic E-state index is -0.661. The molecule has 0 N–H and O–H groups in total. The zero-order valence-corrected chi connectivity index (χ0v) is 25.5. The van der Waals surface area contributed by atoms with Gasteiger partial charge in [-0.15, -0.1) is 0 Å². The van der Waals surface area contributed by atoms with Crippen molar-refractivity contribution < 1.29 is 14.3 Å². The molecule has 0 aliphatic carbocycles. The number of halogens is 1. The number of nitrogens with zero attached hydrogens (tertiary/aromatic N) is 2. The molecule has 43 heavy (non-hydrogen) atoms. The van der Waals surface area contributed by atoms with E-state index in [1.54, 1.807) is 18.4 Å². The Morgan fingerprint density at radius 1 is 1.00 bits per heavy atom. The van der Waals surface area contributed by atoms with Crippen molar-refractivity contribution in [2.45, 2.75) is 33.4 Å². The third kappa shape index (κ3) is 5.66. The highest BCUT2D eigenvalue weighted by Gasteiger charge is 2.33. The first-order chi connectivity index (χ1) is 20.8. The third-order valence-electron chi connectivity index (χ3n) is 7.42. The smallest absolute Gasteiger partial charge is 0.338 e. The van der Waals surface area contributed by atoms with Gasteiger partial charge in [-0.05, 0) is 66.9 Å². The molecule has 216 valence electrons. The van der Waals surface area contributed by atoms with Crippen molar-refractivity contribution in [2.75, 3.05) is 6.61 Å². The second-order valence-electron chi connectivity index (χ2n) is 10.3. The van der Waals surface area contributed by atoms with E-state index in [2.05, 4.69) is 0 Å². The number of aryl methyl sites for hydroxylation is 1. The largest absolute Gasteiger partial charge is 0.488 e. The fraction of sp³-hybridized carbons (Fsp3) is 0.171. The summed E-state index contributed by atoms with van der Waals surface area (Å²) in [5.41, 5.74) is 4.33. The molecule has 1 aromatic heterocycles. The predicted molar refractivity (Wildman–Crippen MR) is 171 cm³/mol. The minimum Gasteiger partial charge on any atom is -0.488 e. The maximum Gasteiger partial charge on any atom is 0.338 e. The predicted octanol–water partition coefficient (Wildman–Crippen LogP) is 6.49. The van der Waals surface area contributed by atoms with Crippen LogP contribution in [0.2, 0.25) is 5.02 Å². The van der Waals surface area contributed by atoms with Crippen LogP contribution in [0.1, 0.15) is 42.1 Å². The van der Waals surface area contributed by atoms with E-state index in [-0.39, 0.29) is 12.2 Å². The molecule has 0 unspecified atom stereocenters. The number of carbonyl (C=O) groups excluding carboxylic acids is 1. The molecule has 1 aliphatic rings. The lowest BCUT2D eigenvalue weighted by Crippen LogP contribution is -2.39. The number of benzene rings is 4. The second kappa shape index (κ2) is 12.0. The maximum atomic E-state index is 14.2. The van der Waals surface area contributed by atoms with E-state index in [1.807, 2.05) is 97.9 Å². The fourth-order valence-corrected chi connectivity index (χ4v) is 6.43. The zero-order chi connectivity index (χ0) is 30.1. The van der Waals surface area contributed by atoms with Crippen molar-refractivity contribution in [1.82, 2.24) is 4.57 Å². The van der Waals surface area contributed by atoms with E-state index in [0.717, 1.165) is 33.0 Å². The molecule has 1 aliphatic heterocycles. The van der Waals surface area contributed by atoms with E-state index in [9.17, 15) is 9.59 Å². The summed E-state index contributed by atoms with van der Waals surface area (Å²) in [4.78, 5) is 32.6. The molecule has 5 aromatic rings. The van der Waals surface area contributed by atoms with Crippen LogP contribution in [-0.2, 0) is 16.1 Å². The summed E-state index contributed by atoms with van der Waals surface area (Å²) in [6.07, 6.45) is 1.87. The van der Waals surface area contributed by atoms with Crippen molar-refractivity contribution in [2.24, 2.45) is 4.99 Å². The van der Waals surface area contributed by atoms with E-state index < -0.39 is 12.0 Å². The Bertz CT molecular complexity index is 2060. The Hall–Kier alpha value is -4.46. The van der Waals surface area contributed by atoms with Crippen LogP contribution >= 0.6 is 22.9 Å². The zero-order valence-electron chi connectivity index (χ0n) is 24.0. The van der Waals surface area contributed by atoms with Crippen molar-refractivity contribution in [3.8, 4) is 5.75 Å². The van der Waals surface area contributed by atoms with Crippen LogP contribution in [0.3, 0.4) is 0 Å². The molecule has 6 rings (SSSR count). The lowest BCUT2D eigenvalue weighted by molar-refractivity contribution is -0.139. The lowest BCUT2D eigenvalue weighted by Gasteiger charge is -2.24. The Kier molecular flexibility index (Phi) is 8.02. The van der Waals surface area contributed by atoms with Crippen LogP contribution in [0, 0.1) is 6.92 Å². The Labute approximate surface area is 257 Å². The minimum absolute atomic E-state index is 0.223. The standard InChI is InChI=1S/C35H29ClN2O4S/c1-4-41-34(40)31-22(3)37-35-38(32(31)25-13-9-21(2)10-14-25)33(39)30(43-35)19-28-27-8-6-5-7-24(27)15-18-29(28)42-20-23-11-16-26(36)17-12-23/h5-19,32H,4,20H2,1-3H3/b30-19-/t32-/m0/s1. The highest BCUT2D eigenvalue weighted by molar-refractivity contribution is 7.07. The number of hydrogen-bond acceptors (Lipinski definition) is 6. The number of rotatable bonds is 7. The first kappa shape index (κ1) is 28.6. The molecule has 0 spiro atoms. The molecule has 0 bridgehead atoms. The first-order valence-corrected chi connectivity index (χ1v) is 15.2. The first-order valence-electron chi connectivity index (χ1n) is 14.0. The third-order valence-corrected chi connectivity index (χ3v) is 8.66. The molecule has 0 fully saturated rings.